The molecule has 34 heavy (non-hydrogen) atoms. The third kappa shape index (κ3) is 4.60. The lowest BCUT2D eigenvalue weighted by Gasteiger charge is -2.32. The van der Waals surface area contributed by atoms with Crippen LogP contribution in [0.1, 0.15) is 28.8 Å². The molecule has 0 bridgehead atoms. The van der Waals surface area contributed by atoms with Crippen molar-refractivity contribution in [2.24, 2.45) is 5.92 Å². The number of hydrogen-bond acceptors (Lipinski definition) is 4. The van der Waals surface area contributed by atoms with Crippen molar-refractivity contribution in [2.45, 2.75) is 19.3 Å². The van der Waals surface area contributed by atoms with Gasteiger partial charge in [-0.15, -0.1) is 0 Å². The number of aromatic nitrogens is 1. The zero-order valence-electron chi connectivity index (χ0n) is 19.4. The Morgan fingerprint density at radius 3 is 2.38 bits per heavy atom. The van der Waals surface area contributed by atoms with Crippen LogP contribution < -0.4 is 10.1 Å². The number of para-hydroxylation sites is 2. The molecule has 0 spiro atoms. The number of fused-ring (bicyclic) bond motifs is 1. The van der Waals surface area contributed by atoms with Gasteiger partial charge in [0, 0.05) is 24.7 Å². The molecule has 5 nitrogen and oxygen atoms in total. The fourth-order valence-corrected chi connectivity index (χ4v) is 4.80. The molecule has 5 heteroatoms. The van der Waals surface area contributed by atoms with Crippen molar-refractivity contribution in [3.63, 3.8) is 0 Å². The normalized spacial score (nSPS) is 14.2. The molecular weight excluding hydrogens is 422 g/mol. The van der Waals surface area contributed by atoms with Crippen LogP contribution >= 0.6 is 0 Å². The summed E-state index contributed by atoms with van der Waals surface area (Å²) in [6, 6.07) is 26.3. The number of carbonyl (C=O) groups is 1. The molecule has 0 aliphatic carbocycles. The molecule has 1 aromatic heterocycles. The second kappa shape index (κ2) is 9.96. The Morgan fingerprint density at radius 1 is 0.941 bits per heavy atom. The molecule has 4 aromatic rings. The van der Waals surface area contributed by atoms with Gasteiger partial charge in [0.2, 0.25) is 0 Å². The highest BCUT2D eigenvalue weighted by Crippen LogP contribution is 2.32. The molecule has 1 saturated heterocycles. The van der Waals surface area contributed by atoms with Gasteiger partial charge in [-0.25, -0.2) is 4.98 Å². The van der Waals surface area contributed by atoms with Crippen LogP contribution in [-0.4, -0.2) is 36.0 Å². The van der Waals surface area contributed by atoms with E-state index < -0.39 is 0 Å². The standard InChI is InChI=1S/C29H29N3O2/c1-34-27-14-8-7-13-26(27)31-28-24-12-6-5-11-23(24)25(20-30-28)29(33)32-17-15-22(16-18-32)19-21-9-3-2-4-10-21/h2-14,20,22H,15-19H2,1H3,(H,30,31). The molecule has 1 aliphatic rings. The van der Waals surface area contributed by atoms with Crippen LogP contribution in [0.4, 0.5) is 11.5 Å². The summed E-state index contributed by atoms with van der Waals surface area (Å²) in [5.74, 6) is 2.13. The number of piperidine rings is 1. The van der Waals surface area contributed by atoms with Crippen LogP contribution in [0.5, 0.6) is 5.75 Å². The lowest BCUT2D eigenvalue weighted by atomic mass is 9.90. The highest BCUT2D eigenvalue weighted by atomic mass is 16.5. The summed E-state index contributed by atoms with van der Waals surface area (Å²) < 4.78 is 5.47. The number of anilines is 2. The summed E-state index contributed by atoms with van der Waals surface area (Å²) in [4.78, 5) is 20.1. The molecule has 2 heterocycles. The van der Waals surface area contributed by atoms with E-state index >= 15 is 0 Å². The van der Waals surface area contributed by atoms with Gasteiger partial charge in [-0.3, -0.25) is 4.79 Å². The number of benzene rings is 3. The Kier molecular flexibility index (Phi) is 6.43. The van der Waals surface area contributed by atoms with Crippen LogP contribution in [0, 0.1) is 5.92 Å². The number of amides is 1. The monoisotopic (exact) mass is 451 g/mol. The van der Waals surface area contributed by atoms with Crippen LogP contribution in [0.3, 0.4) is 0 Å². The highest BCUT2D eigenvalue weighted by molar-refractivity contribution is 6.09. The van der Waals surface area contributed by atoms with Crippen molar-refractivity contribution >= 4 is 28.2 Å². The fourth-order valence-electron chi connectivity index (χ4n) is 4.80. The molecule has 1 fully saturated rings. The zero-order chi connectivity index (χ0) is 23.3. The largest absolute Gasteiger partial charge is 0.495 e. The molecule has 1 aliphatic heterocycles. The van der Waals surface area contributed by atoms with E-state index in [9.17, 15) is 4.79 Å². The summed E-state index contributed by atoms with van der Waals surface area (Å²) in [6.07, 6.45) is 4.84. The first kappa shape index (κ1) is 22.0. The minimum Gasteiger partial charge on any atom is -0.495 e. The van der Waals surface area contributed by atoms with Crippen LogP contribution in [-0.2, 0) is 6.42 Å². The summed E-state index contributed by atoms with van der Waals surface area (Å²) in [5.41, 5.74) is 2.87. The Morgan fingerprint density at radius 2 is 1.62 bits per heavy atom. The van der Waals surface area contributed by atoms with E-state index in [1.807, 2.05) is 53.4 Å². The molecule has 1 amide bonds. The van der Waals surface area contributed by atoms with Crippen molar-refractivity contribution in [1.29, 1.82) is 0 Å². The van der Waals surface area contributed by atoms with Crippen molar-refractivity contribution in [2.75, 3.05) is 25.5 Å². The van der Waals surface area contributed by atoms with E-state index in [0.29, 0.717) is 17.3 Å². The number of rotatable bonds is 6. The van der Waals surface area contributed by atoms with Gasteiger partial charge in [0.05, 0.1) is 18.4 Å². The lowest BCUT2D eigenvalue weighted by molar-refractivity contribution is 0.0692. The van der Waals surface area contributed by atoms with E-state index in [-0.39, 0.29) is 5.91 Å². The van der Waals surface area contributed by atoms with E-state index in [2.05, 4.69) is 40.6 Å². The van der Waals surface area contributed by atoms with Crippen molar-refractivity contribution < 1.29 is 9.53 Å². The Balaban J connectivity index is 1.34. The molecule has 0 saturated carbocycles. The highest BCUT2D eigenvalue weighted by Gasteiger charge is 2.25. The second-order valence-corrected chi connectivity index (χ2v) is 8.82. The van der Waals surface area contributed by atoms with Gasteiger partial charge < -0.3 is 15.0 Å². The number of likely N-dealkylation sites (tertiary alicyclic amines) is 1. The smallest absolute Gasteiger partial charge is 0.256 e. The topological polar surface area (TPSA) is 54.5 Å². The lowest BCUT2D eigenvalue weighted by Crippen LogP contribution is -2.39. The summed E-state index contributed by atoms with van der Waals surface area (Å²) in [7, 11) is 1.65. The van der Waals surface area contributed by atoms with E-state index in [1.54, 1.807) is 13.3 Å². The molecular formula is C29H29N3O2. The molecule has 3 aromatic carbocycles. The van der Waals surface area contributed by atoms with Gasteiger partial charge in [0.25, 0.3) is 5.91 Å². The zero-order valence-corrected chi connectivity index (χ0v) is 19.4. The van der Waals surface area contributed by atoms with Crippen molar-refractivity contribution in [3.05, 3.63) is 96.2 Å². The van der Waals surface area contributed by atoms with Crippen LogP contribution in [0.15, 0.2) is 85.1 Å². The number of carbonyl (C=O) groups excluding carboxylic acids is 1. The number of nitrogens with one attached hydrogen (secondary N) is 1. The SMILES string of the molecule is COc1ccccc1Nc1ncc(C(=O)N2CCC(Cc3ccccc3)CC2)c2ccccc12. The average Bonchev–Trinajstić information content (AvgIpc) is 2.90. The molecule has 1 N–H and O–H groups in total. The second-order valence-electron chi connectivity index (χ2n) is 8.82. The molecule has 0 unspecified atom stereocenters. The van der Waals surface area contributed by atoms with Gasteiger partial charge in [-0.1, -0.05) is 66.7 Å². The van der Waals surface area contributed by atoms with E-state index in [4.69, 9.17) is 4.74 Å². The summed E-state index contributed by atoms with van der Waals surface area (Å²) in [6.45, 7) is 1.57. The number of nitrogens with zero attached hydrogens (tertiary/aromatic N) is 2. The van der Waals surface area contributed by atoms with Gasteiger partial charge in [-0.2, -0.15) is 0 Å². The third-order valence-electron chi connectivity index (χ3n) is 6.65. The van der Waals surface area contributed by atoms with E-state index in [0.717, 1.165) is 54.6 Å². The van der Waals surface area contributed by atoms with Crippen LogP contribution in [0.2, 0.25) is 0 Å². The molecule has 0 radical (unpaired) electrons. The first-order valence-corrected chi connectivity index (χ1v) is 11.8. The third-order valence-corrected chi connectivity index (χ3v) is 6.65. The first-order valence-electron chi connectivity index (χ1n) is 11.8. The maximum Gasteiger partial charge on any atom is 0.256 e. The van der Waals surface area contributed by atoms with Crippen molar-refractivity contribution in [1.82, 2.24) is 9.88 Å². The quantitative estimate of drug-likeness (QED) is 0.386. The molecule has 5 rings (SSSR count). The minimum atomic E-state index is 0.0608. The Labute approximate surface area is 200 Å². The maximum atomic E-state index is 13.5. The number of ether oxygens (including phenoxy) is 1. The molecule has 0 atom stereocenters. The minimum absolute atomic E-state index is 0.0608. The predicted molar refractivity (Wildman–Crippen MR) is 137 cm³/mol. The summed E-state index contributed by atoms with van der Waals surface area (Å²) >= 11 is 0. The Hall–Kier alpha value is -3.86. The van der Waals surface area contributed by atoms with E-state index in [1.165, 1.54) is 5.56 Å². The number of methoxy groups -OCH3 is 1. The van der Waals surface area contributed by atoms with Crippen LogP contribution in [0.25, 0.3) is 10.8 Å². The summed E-state index contributed by atoms with van der Waals surface area (Å²) in [5, 5.41) is 5.20. The number of hydrogen-bond donors (Lipinski definition) is 1. The van der Waals surface area contributed by atoms with Gasteiger partial charge in [0.1, 0.15) is 11.6 Å². The van der Waals surface area contributed by atoms with Crippen molar-refractivity contribution in [3.8, 4) is 5.75 Å². The average molecular weight is 452 g/mol. The van der Waals surface area contributed by atoms with Gasteiger partial charge in [-0.05, 0) is 48.3 Å². The number of pyridine rings is 1. The van der Waals surface area contributed by atoms with Gasteiger partial charge in [0.15, 0.2) is 0 Å². The Bertz CT molecular complexity index is 1280. The first-order chi connectivity index (χ1) is 16.7. The maximum absolute atomic E-state index is 13.5. The molecule has 172 valence electrons. The fraction of sp³-hybridized carbons (Fsp3) is 0.241. The predicted octanol–water partition coefficient (Wildman–Crippen LogP) is 6.08. The van der Waals surface area contributed by atoms with Gasteiger partial charge >= 0.3 is 0 Å².